The summed E-state index contributed by atoms with van der Waals surface area (Å²) in [6.07, 6.45) is 4.93. The Bertz CT molecular complexity index is 642. The van der Waals surface area contributed by atoms with E-state index >= 15 is 0 Å². The molecule has 1 aromatic rings. The molecule has 2 atom stereocenters. The van der Waals surface area contributed by atoms with E-state index in [1.165, 1.54) is 0 Å². The highest BCUT2D eigenvalue weighted by atomic mass is 16.5. The van der Waals surface area contributed by atoms with Crippen molar-refractivity contribution in [3.8, 4) is 0 Å². The Kier molecular flexibility index (Phi) is 8.71. The summed E-state index contributed by atoms with van der Waals surface area (Å²) in [5, 5.41) is 10.9. The lowest BCUT2D eigenvalue weighted by molar-refractivity contribution is -0.124. The molecule has 0 aliphatic rings. The molecule has 2 unspecified atom stereocenters. The molecule has 25 heavy (non-hydrogen) atoms. The summed E-state index contributed by atoms with van der Waals surface area (Å²) in [4.78, 5) is 10.8. The highest BCUT2D eigenvalue weighted by Gasteiger charge is 2.22. The Balaban J connectivity index is 3.40. The number of hydrogen-bond donors (Lipinski definition) is 2. The van der Waals surface area contributed by atoms with Crippen LogP contribution in [0.1, 0.15) is 52.0 Å². The Morgan fingerprint density at radius 3 is 2.44 bits per heavy atom. The van der Waals surface area contributed by atoms with Crippen LogP contribution in [0.15, 0.2) is 65.1 Å². The molecule has 0 spiro atoms. The van der Waals surface area contributed by atoms with Crippen molar-refractivity contribution in [3.63, 3.8) is 0 Å². The van der Waals surface area contributed by atoms with Crippen LogP contribution in [0.2, 0.25) is 0 Å². The topological polar surface area (TPSA) is 72.5 Å². The Labute approximate surface area is 150 Å². The molecule has 1 rings (SSSR count). The van der Waals surface area contributed by atoms with Gasteiger partial charge in [-0.05, 0) is 50.8 Å². The van der Waals surface area contributed by atoms with Crippen LogP contribution in [-0.4, -0.2) is 17.6 Å². The van der Waals surface area contributed by atoms with Gasteiger partial charge in [0.2, 0.25) is 0 Å². The third-order valence-electron chi connectivity index (χ3n) is 4.07. The number of benzene rings is 1. The van der Waals surface area contributed by atoms with Crippen LogP contribution in [0.3, 0.4) is 0 Å². The molecule has 0 fully saturated rings. The Morgan fingerprint density at radius 2 is 1.96 bits per heavy atom. The second-order valence-electron chi connectivity index (χ2n) is 6.10. The highest BCUT2D eigenvalue weighted by molar-refractivity contribution is 5.50. The monoisotopic (exact) mass is 343 g/mol. The second kappa shape index (κ2) is 10.5. The molecular weight excluding hydrogens is 314 g/mol. The van der Waals surface area contributed by atoms with E-state index in [0.717, 1.165) is 11.1 Å². The van der Waals surface area contributed by atoms with E-state index < -0.39 is 0 Å². The fraction of sp³-hybridized carbons (Fsp3) is 0.381. The van der Waals surface area contributed by atoms with Gasteiger partial charge < -0.3 is 15.6 Å². The second-order valence-corrected chi connectivity index (χ2v) is 6.10. The van der Waals surface area contributed by atoms with Gasteiger partial charge in [-0.25, -0.2) is 0 Å². The van der Waals surface area contributed by atoms with Crippen LogP contribution in [0.25, 0.3) is 0 Å². The van der Waals surface area contributed by atoms with E-state index in [2.05, 4.69) is 0 Å². The predicted molar refractivity (Wildman–Crippen MR) is 102 cm³/mol. The minimum atomic E-state index is -0.0178. The molecule has 0 saturated carbocycles. The summed E-state index contributed by atoms with van der Waals surface area (Å²) in [7, 11) is 0. The molecule has 0 aromatic heterocycles. The normalized spacial score (nSPS) is 16.0. The third-order valence-corrected chi connectivity index (χ3v) is 4.07. The van der Waals surface area contributed by atoms with Gasteiger partial charge in [0.1, 0.15) is 11.5 Å². The molecule has 0 heterocycles. The number of aliphatic hydroxyl groups excluding tert-OH is 1. The quantitative estimate of drug-likeness (QED) is 0.385. The first kappa shape index (κ1) is 20.7. The molecule has 0 amide bonds. The van der Waals surface area contributed by atoms with Crippen LogP contribution in [0, 0.1) is 0 Å². The Morgan fingerprint density at radius 1 is 1.32 bits per heavy atom. The average molecular weight is 343 g/mol. The molecule has 0 saturated heterocycles. The van der Waals surface area contributed by atoms with Crippen LogP contribution in [-0.2, 0) is 9.53 Å². The summed E-state index contributed by atoms with van der Waals surface area (Å²) in [6.45, 7) is 7.95. The number of hydrogen-bond acceptors (Lipinski definition) is 4. The van der Waals surface area contributed by atoms with Crippen molar-refractivity contribution >= 4 is 6.47 Å². The number of ether oxygens (including phenoxy) is 1. The molecule has 4 heteroatoms. The summed E-state index contributed by atoms with van der Waals surface area (Å²) >= 11 is 0. The van der Waals surface area contributed by atoms with Crippen molar-refractivity contribution in [3.05, 3.63) is 70.7 Å². The first-order valence-corrected chi connectivity index (χ1v) is 8.63. The largest absolute Gasteiger partial charge is 0.507 e. The van der Waals surface area contributed by atoms with Gasteiger partial charge in [-0.1, -0.05) is 43.3 Å². The van der Waals surface area contributed by atoms with Gasteiger partial charge in [0.25, 0.3) is 6.47 Å². The van der Waals surface area contributed by atoms with Crippen molar-refractivity contribution in [2.24, 2.45) is 5.73 Å². The number of rotatable bonds is 9. The molecule has 3 N–H and O–H groups in total. The average Bonchev–Trinajstić information content (AvgIpc) is 2.62. The predicted octanol–water partition coefficient (Wildman–Crippen LogP) is 4.75. The van der Waals surface area contributed by atoms with Gasteiger partial charge in [-0.3, -0.25) is 4.79 Å². The molecule has 0 bridgehead atoms. The zero-order chi connectivity index (χ0) is 18.8. The lowest BCUT2D eigenvalue weighted by Crippen LogP contribution is -2.20. The number of nitrogens with two attached hydrogens (primary N) is 1. The molecule has 0 aliphatic heterocycles. The molecule has 1 aromatic carbocycles. The molecule has 136 valence electrons. The van der Waals surface area contributed by atoms with Crippen LogP contribution in [0.4, 0.5) is 0 Å². The van der Waals surface area contributed by atoms with Crippen LogP contribution >= 0.6 is 0 Å². The van der Waals surface area contributed by atoms with E-state index in [4.69, 9.17) is 10.5 Å². The standard InChI is InChI=1S/C21H29NO3/c1-5-10-18(20(6-2)25-14-23)21(24)16(4)19(13-15(3)22)17-11-8-7-9-12-17/h6-12,14-15,19,24H,5,13,22H2,1-4H3/b18-10+,20-6+,21-16-. The number of aliphatic hydroxyl groups is 1. The summed E-state index contributed by atoms with van der Waals surface area (Å²) in [6, 6.07) is 9.97. The van der Waals surface area contributed by atoms with Crippen LogP contribution < -0.4 is 5.73 Å². The number of carbonyl (C=O) groups excluding carboxylic acids is 1. The van der Waals surface area contributed by atoms with E-state index in [9.17, 15) is 9.90 Å². The smallest absolute Gasteiger partial charge is 0.298 e. The van der Waals surface area contributed by atoms with E-state index in [1.807, 2.05) is 57.2 Å². The summed E-state index contributed by atoms with van der Waals surface area (Å²) < 4.78 is 5.04. The van der Waals surface area contributed by atoms with Gasteiger partial charge in [0.15, 0.2) is 0 Å². The molecule has 4 nitrogen and oxygen atoms in total. The maximum atomic E-state index is 10.9. The van der Waals surface area contributed by atoms with Gasteiger partial charge in [0, 0.05) is 12.0 Å². The summed E-state index contributed by atoms with van der Waals surface area (Å²) in [5.74, 6) is 0.461. The first-order chi connectivity index (χ1) is 12.0. The van der Waals surface area contributed by atoms with Crippen molar-refractivity contribution in [1.82, 2.24) is 0 Å². The van der Waals surface area contributed by atoms with Gasteiger partial charge >= 0.3 is 0 Å². The van der Waals surface area contributed by atoms with Crippen molar-refractivity contribution in [2.45, 2.75) is 52.5 Å². The fourth-order valence-corrected chi connectivity index (χ4v) is 2.85. The molecular formula is C21H29NO3. The minimum Gasteiger partial charge on any atom is -0.507 e. The van der Waals surface area contributed by atoms with Crippen LogP contribution in [0.5, 0.6) is 0 Å². The van der Waals surface area contributed by atoms with E-state index in [1.54, 1.807) is 13.0 Å². The highest BCUT2D eigenvalue weighted by Crippen LogP contribution is 2.33. The SMILES string of the molecule is C\C=C(OC=O)/C(=C\CC)C(/O)=C(\C)C(CC(C)N)c1ccccc1. The van der Waals surface area contributed by atoms with Crippen molar-refractivity contribution in [1.29, 1.82) is 0 Å². The zero-order valence-electron chi connectivity index (χ0n) is 15.5. The molecule has 0 aliphatic carbocycles. The van der Waals surface area contributed by atoms with E-state index in [0.29, 0.717) is 30.6 Å². The fourth-order valence-electron chi connectivity index (χ4n) is 2.85. The zero-order valence-corrected chi connectivity index (χ0v) is 15.5. The lowest BCUT2D eigenvalue weighted by Gasteiger charge is -2.23. The lowest BCUT2D eigenvalue weighted by atomic mass is 9.85. The van der Waals surface area contributed by atoms with Gasteiger partial charge in [-0.2, -0.15) is 0 Å². The maximum absolute atomic E-state index is 10.9. The number of carbonyl (C=O) groups is 1. The minimum absolute atomic E-state index is 0.0148. The number of allylic oxidation sites excluding steroid dienone is 3. The van der Waals surface area contributed by atoms with Gasteiger partial charge in [0.05, 0.1) is 5.57 Å². The molecule has 0 radical (unpaired) electrons. The first-order valence-electron chi connectivity index (χ1n) is 8.63. The van der Waals surface area contributed by atoms with Crippen molar-refractivity contribution in [2.75, 3.05) is 0 Å². The van der Waals surface area contributed by atoms with Gasteiger partial charge in [-0.15, -0.1) is 0 Å². The Hall–Kier alpha value is -2.33. The third kappa shape index (κ3) is 5.91. The van der Waals surface area contributed by atoms with E-state index in [-0.39, 0.29) is 17.7 Å². The maximum Gasteiger partial charge on any atom is 0.298 e. The summed E-state index contributed by atoms with van der Waals surface area (Å²) in [5.41, 5.74) is 8.46. The van der Waals surface area contributed by atoms with Crippen molar-refractivity contribution < 1.29 is 14.6 Å².